The van der Waals surface area contributed by atoms with E-state index < -0.39 is 0 Å². The van der Waals surface area contributed by atoms with E-state index in [1.165, 1.54) is 17.8 Å². The zero-order chi connectivity index (χ0) is 11.5. The maximum Gasteiger partial charge on any atom is 0.0387 e. The molecule has 1 N–H and O–H groups in total. The van der Waals surface area contributed by atoms with Crippen molar-refractivity contribution in [2.45, 2.75) is 12.5 Å². The molecule has 1 aromatic rings. The Hall–Kier alpha value is -1.22. The van der Waals surface area contributed by atoms with E-state index >= 15 is 0 Å². The van der Waals surface area contributed by atoms with Gasteiger partial charge in [-0.05, 0) is 38.7 Å². The van der Waals surface area contributed by atoms with Crippen molar-refractivity contribution in [3.8, 4) is 0 Å². The van der Waals surface area contributed by atoms with E-state index in [2.05, 4.69) is 53.5 Å². The van der Waals surface area contributed by atoms with Gasteiger partial charge in [-0.1, -0.05) is 6.07 Å². The van der Waals surface area contributed by atoms with E-state index in [9.17, 15) is 0 Å². The van der Waals surface area contributed by atoms with Gasteiger partial charge in [0.25, 0.3) is 0 Å². The summed E-state index contributed by atoms with van der Waals surface area (Å²) < 4.78 is 0. The molecule has 3 heteroatoms. The fourth-order valence-corrected chi connectivity index (χ4v) is 2.26. The van der Waals surface area contributed by atoms with Gasteiger partial charge in [-0.15, -0.1) is 0 Å². The summed E-state index contributed by atoms with van der Waals surface area (Å²) in [5.74, 6) is 0. The third kappa shape index (κ3) is 2.30. The molecule has 1 aromatic carbocycles. The molecule has 0 aromatic heterocycles. The normalized spacial score (nSPS) is 20.5. The van der Waals surface area contributed by atoms with Crippen LogP contribution in [0.25, 0.3) is 0 Å². The molecule has 3 nitrogen and oxygen atoms in total. The van der Waals surface area contributed by atoms with Crippen molar-refractivity contribution in [1.29, 1.82) is 0 Å². The van der Waals surface area contributed by atoms with Crippen molar-refractivity contribution in [3.63, 3.8) is 0 Å². The summed E-state index contributed by atoms with van der Waals surface area (Å²) >= 11 is 0. The van der Waals surface area contributed by atoms with Gasteiger partial charge < -0.3 is 15.1 Å². The summed E-state index contributed by atoms with van der Waals surface area (Å²) in [5, 5.41) is 3.19. The second-order valence-electron chi connectivity index (χ2n) is 4.65. The molecule has 0 unspecified atom stereocenters. The Morgan fingerprint density at radius 2 is 2.19 bits per heavy atom. The molecule has 0 bridgehead atoms. The number of likely N-dealkylation sites (N-methyl/N-ethyl adjacent to an activating group) is 1. The summed E-state index contributed by atoms with van der Waals surface area (Å²) in [6.45, 7) is 2.30. The van der Waals surface area contributed by atoms with Crippen LogP contribution in [0.4, 0.5) is 11.4 Å². The van der Waals surface area contributed by atoms with Crippen LogP contribution in [-0.4, -0.2) is 45.2 Å². The molecule has 0 aliphatic carbocycles. The van der Waals surface area contributed by atoms with Gasteiger partial charge in [0.15, 0.2) is 0 Å². The van der Waals surface area contributed by atoms with Crippen molar-refractivity contribution in [3.05, 3.63) is 24.3 Å². The van der Waals surface area contributed by atoms with Crippen LogP contribution in [0.5, 0.6) is 0 Å². The lowest BCUT2D eigenvalue weighted by molar-refractivity contribution is 0.315. The van der Waals surface area contributed by atoms with Crippen molar-refractivity contribution < 1.29 is 0 Å². The van der Waals surface area contributed by atoms with E-state index in [-0.39, 0.29) is 0 Å². The zero-order valence-electron chi connectivity index (χ0n) is 10.4. The first-order valence-corrected chi connectivity index (χ1v) is 5.90. The van der Waals surface area contributed by atoms with Crippen molar-refractivity contribution >= 4 is 11.4 Å². The molecule has 1 fully saturated rings. The van der Waals surface area contributed by atoms with Crippen LogP contribution in [0.3, 0.4) is 0 Å². The minimum atomic E-state index is 0.693. The Bertz CT molecular complexity index is 349. The number of benzene rings is 1. The third-order valence-electron chi connectivity index (χ3n) is 3.39. The molecule has 1 saturated heterocycles. The Morgan fingerprint density at radius 3 is 2.81 bits per heavy atom. The zero-order valence-corrected chi connectivity index (χ0v) is 10.4. The fraction of sp³-hybridized carbons (Fsp3) is 0.538. The second kappa shape index (κ2) is 4.74. The summed E-state index contributed by atoms with van der Waals surface area (Å²) in [7, 11) is 6.29. The van der Waals surface area contributed by atoms with E-state index in [0.29, 0.717) is 6.04 Å². The van der Waals surface area contributed by atoms with Gasteiger partial charge in [0, 0.05) is 37.6 Å². The van der Waals surface area contributed by atoms with E-state index in [0.717, 1.165) is 13.1 Å². The average Bonchev–Trinajstić information content (AvgIpc) is 2.78. The summed E-state index contributed by atoms with van der Waals surface area (Å²) in [6, 6.07) is 9.32. The van der Waals surface area contributed by atoms with Gasteiger partial charge in [-0.25, -0.2) is 0 Å². The number of nitrogens with zero attached hydrogens (tertiary/aromatic N) is 2. The lowest BCUT2D eigenvalue weighted by atomic mass is 10.2. The molecule has 1 aliphatic heterocycles. The molecule has 1 heterocycles. The van der Waals surface area contributed by atoms with Crippen molar-refractivity contribution in [2.24, 2.45) is 0 Å². The number of nitrogens with one attached hydrogen (secondary N) is 1. The molecule has 0 radical (unpaired) electrons. The Labute approximate surface area is 98.0 Å². The van der Waals surface area contributed by atoms with Crippen LogP contribution in [0, 0.1) is 0 Å². The molecule has 0 saturated carbocycles. The second-order valence-corrected chi connectivity index (χ2v) is 4.65. The van der Waals surface area contributed by atoms with Crippen LogP contribution < -0.4 is 10.2 Å². The highest BCUT2D eigenvalue weighted by Crippen LogP contribution is 2.24. The molecule has 1 atom stereocenters. The quantitative estimate of drug-likeness (QED) is 0.837. The largest absolute Gasteiger partial charge is 0.388 e. The smallest absolute Gasteiger partial charge is 0.0387 e. The number of hydrogen-bond donors (Lipinski definition) is 1. The highest BCUT2D eigenvalue weighted by Gasteiger charge is 2.23. The molecule has 2 rings (SSSR count). The van der Waals surface area contributed by atoms with Crippen LogP contribution in [0.1, 0.15) is 6.42 Å². The Balaban J connectivity index is 2.08. The summed E-state index contributed by atoms with van der Waals surface area (Å²) in [5.41, 5.74) is 2.52. The van der Waals surface area contributed by atoms with Crippen LogP contribution in [-0.2, 0) is 0 Å². The van der Waals surface area contributed by atoms with Gasteiger partial charge in [-0.2, -0.15) is 0 Å². The summed E-state index contributed by atoms with van der Waals surface area (Å²) in [6.07, 6.45) is 1.26. The average molecular weight is 219 g/mol. The maximum atomic E-state index is 3.19. The molecule has 88 valence electrons. The van der Waals surface area contributed by atoms with Crippen LogP contribution >= 0.6 is 0 Å². The predicted octanol–water partition coefficient (Wildman–Crippen LogP) is 1.87. The Kier molecular flexibility index (Phi) is 3.34. The molecular formula is C13H21N3. The van der Waals surface area contributed by atoms with Gasteiger partial charge in [-0.3, -0.25) is 0 Å². The van der Waals surface area contributed by atoms with Gasteiger partial charge in [0.05, 0.1) is 0 Å². The third-order valence-corrected chi connectivity index (χ3v) is 3.39. The first kappa shape index (κ1) is 11.3. The van der Waals surface area contributed by atoms with E-state index in [4.69, 9.17) is 0 Å². The lowest BCUT2D eigenvalue weighted by Crippen LogP contribution is -2.31. The van der Waals surface area contributed by atoms with Crippen LogP contribution in [0.2, 0.25) is 0 Å². The standard InChI is InChI=1S/C13H21N3/c1-14-11-5-4-6-12(9-11)16-8-7-13(10-16)15(2)3/h4-6,9,13-14H,7-8,10H2,1-3H3/t13-/m1/s1. The highest BCUT2D eigenvalue weighted by molar-refractivity contribution is 5.58. The lowest BCUT2D eigenvalue weighted by Gasteiger charge is -2.22. The van der Waals surface area contributed by atoms with E-state index in [1.807, 2.05) is 7.05 Å². The number of hydrogen-bond acceptors (Lipinski definition) is 3. The van der Waals surface area contributed by atoms with Crippen molar-refractivity contribution in [2.75, 3.05) is 44.4 Å². The molecule has 1 aliphatic rings. The Morgan fingerprint density at radius 1 is 1.38 bits per heavy atom. The first-order chi connectivity index (χ1) is 7.70. The molecule has 0 amide bonds. The first-order valence-electron chi connectivity index (χ1n) is 5.90. The molecule has 16 heavy (non-hydrogen) atoms. The summed E-state index contributed by atoms with van der Waals surface area (Å²) in [4.78, 5) is 4.79. The minimum absolute atomic E-state index is 0.693. The highest BCUT2D eigenvalue weighted by atomic mass is 15.2. The number of rotatable bonds is 3. The minimum Gasteiger partial charge on any atom is -0.388 e. The number of anilines is 2. The molecule has 0 spiro atoms. The van der Waals surface area contributed by atoms with Gasteiger partial charge >= 0.3 is 0 Å². The van der Waals surface area contributed by atoms with Crippen molar-refractivity contribution in [1.82, 2.24) is 4.90 Å². The van der Waals surface area contributed by atoms with Gasteiger partial charge in [0.2, 0.25) is 0 Å². The monoisotopic (exact) mass is 219 g/mol. The van der Waals surface area contributed by atoms with E-state index in [1.54, 1.807) is 0 Å². The van der Waals surface area contributed by atoms with Gasteiger partial charge in [0.1, 0.15) is 0 Å². The maximum absolute atomic E-state index is 3.19. The topological polar surface area (TPSA) is 18.5 Å². The SMILES string of the molecule is CNc1cccc(N2CC[C@@H](N(C)C)C2)c1. The fourth-order valence-electron chi connectivity index (χ4n) is 2.26. The molecular weight excluding hydrogens is 198 g/mol. The van der Waals surface area contributed by atoms with Crippen LogP contribution in [0.15, 0.2) is 24.3 Å². The predicted molar refractivity (Wildman–Crippen MR) is 70.3 cm³/mol.